The summed E-state index contributed by atoms with van der Waals surface area (Å²) >= 11 is 2.62. The molecule has 0 spiro atoms. The van der Waals surface area contributed by atoms with Crippen LogP contribution in [-0.4, -0.2) is 11.5 Å². The molecule has 0 aromatic heterocycles. The zero-order valence-corrected chi connectivity index (χ0v) is 8.50. The van der Waals surface area contributed by atoms with Crippen LogP contribution in [0.15, 0.2) is 16.6 Å². The Bertz CT molecular complexity index is 399. The van der Waals surface area contributed by atoms with E-state index >= 15 is 0 Å². The standard InChI is InChI=1S/C7H3BrF3NO3/c8-5-4(15-7(10)11)2-1-3(9)6(5)12(13)14/h1-2,7H. The van der Waals surface area contributed by atoms with Crippen molar-refractivity contribution in [3.8, 4) is 5.75 Å². The number of rotatable bonds is 3. The third kappa shape index (κ3) is 2.58. The van der Waals surface area contributed by atoms with Gasteiger partial charge in [-0.1, -0.05) is 0 Å². The molecule has 0 saturated heterocycles. The Kier molecular flexibility index (Phi) is 3.51. The molecule has 0 atom stereocenters. The summed E-state index contributed by atoms with van der Waals surface area (Å²) in [6.07, 6.45) is 0. The van der Waals surface area contributed by atoms with E-state index in [2.05, 4.69) is 20.7 Å². The molecule has 82 valence electrons. The van der Waals surface area contributed by atoms with Crippen molar-refractivity contribution in [2.24, 2.45) is 0 Å². The maximum atomic E-state index is 12.9. The minimum absolute atomic E-state index is 0.451. The van der Waals surface area contributed by atoms with E-state index in [1.807, 2.05) is 0 Å². The lowest BCUT2D eigenvalue weighted by Gasteiger charge is -2.06. The van der Waals surface area contributed by atoms with Crippen molar-refractivity contribution in [2.45, 2.75) is 6.61 Å². The van der Waals surface area contributed by atoms with Crippen molar-refractivity contribution in [2.75, 3.05) is 0 Å². The number of halogens is 4. The molecule has 0 heterocycles. The molecule has 0 amide bonds. The number of alkyl halides is 2. The normalized spacial score (nSPS) is 10.5. The highest BCUT2D eigenvalue weighted by Gasteiger charge is 2.23. The van der Waals surface area contributed by atoms with E-state index in [4.69, 9.17) is 0 Å². The fourth-order valence-corrected chi connectivity index (χ4v) is 1.44. The predicted octanol–water partition coefficient (Wildman–Crippen LogP) is 3.10. The number of hydrogen-bond acceptors (Lipinski definition) is 3. The highest BCUT2D eigenvalue weighted by molar-refractivity contribution is 9.10. The van der Waals surface area contributed by atoms with E-state index in [9.17, 15) is 23.3 Å². The molecule has 0 N–H and O–H groups in total. The van der Waals surface area contributed by atoms with Gasteiger partial charge >= 0.3 is 12.3 Å². The summed E-state index contributed by atoms with van der Waals surface area (Å²) in [6.45, 7) is -3.13. The highest BCUT2D eigenvalue weighted by atomic mass is 79.9. The molecule has 4 nitrogen and oxygen atoms in total. The van der Waals surface area contributed by atoms with Crippen LogP contribution < -0.4 is 4.74 Å². The first kappa shape index (κ1) is 11.8. The smallest absolute Gasteiger partial charge is 0.387 e. The monoisotopic (exact) mass is 285 g/mol. The van der Waals surface area contributed by atoms with E-state index in [0.717, 1.165) is 6.07 Å². The highest BCUT2D eigenvalue weighted by Crippen LogP contribution is 2.36. The lowest BCUT2D eigenvalue weighted by atomic mass is 10.3. The second kappa shape index (κ2) is 4.47. The summed E-state index contributed by atoms with van der Waals surface area (Å²) in [6, 6.07) is 1.55. The Hall–Kier alpha value is -1.31. The molecule has 1 aromatic carbocycles. The SMILES string of the molecule is O=[N+]([O-])c1c(F)ccc(OC(F)F)c1Br. The number of nitrogens with zero attached hydrogens (tertiary/aromatic N) is 1. The predicted molar refractivity (Wildman–Crippen MR) is 47.4 cm³/mol. The van der Waals surface area contributed by atoms with Gasteiger partial charge in [-0.2, -0.15) is 13.2 Å². The Morgan fingerprint density at radius 2 is 2.07 bits per heavy atom. The molecule has 0 bridgehead atoms. The summed E-state index contributed by atoms with van der Waals surface area (Å²) in [7, 11) is 0. The first-order valence-electron chi connectivity index (χ1n) is 3.50. The van der Waals surface area contributed by atoms with Gasteiger partial charge in [0.05, 0.1) is 4.92 Å². The summed E-state index contributed by atoms with van der Waals surface area (Å²) in [5.41, 5.74) is -0.937. The molecule has 1 aromatic rings. The number of benzene rings is 1. The van der Waals surface area contributed by atoms with Gasteiger partial charge < -0.3 is 4.74 Å². The van der Waals surface area contributed by atoms with Crippen LogP contribution in [0.2, 0.25) is 0 Å². The van der Waals surface area contributed by atoms with Gasteiger partial charge in [-0.25, -0.2) is 0 Å². The van der Waals surface area contributed by atoms with Crippen molar-refractivity contribution >= 4 is 21.6 Å². The lowest BCUT2D eigenvalue weighted by Crippen LogP contribution is -2.04. The average molecular weight is 286 g/mol. The molecule has 0 saturated carbocycles. The largest absolute Gasteiger partial charge is 0.433 e. The molecule has 0 aliphatic rings. The first-order chi connectivity index (χ1) is 6.93. The van der Waals surface area contributed by atoms with Crippen molar-refractivity contribution in [3.05, 3.63) is 32.5 Å². The van der Waals surface area contributed by atoms with Crippen molar-refractivity contribution in [1.82, 2.24) is 0 Å². The second-order valence-electron chi connectivity index (χ2n) is 2.34. The molecular weight excluding hydrogens is 283 g/mol. The average Bonchev–Trinajstić information content (AvgIpc) is 2.09. The molecule has 0 fully saturated rings. The van der Waals surface area contributed by atoms with Crippen LogP contribution in [0.3, 0.4) is 0 Å². The molecule has 0 aliphatic heterocycles. The Morgan fingerprint density at radius 3 is 2.53 bits per heavy atom. The zero-order valence-electron chi connectivity index (χ0n) is 6.92. The summed E-state index contributed by atoms with van der Waals surface area (Å²) < 4.78 is 40.0. The number of nitro benzene ring substituents is 1. The van der Waals surface area contributed by atoms with E-state index in [1.165, 1.54) is 0 Å². The molecular formula is C7H3BrF3NO3. The van der Waals surface area contributed by atoms with Crippen molar-refractivity contribution < 1.29 is 22.8 Å². The van der Waals surface area contributed by atoms with Gasteiger partial charge in [-0.3, -0.25) is 10.1 Å². The first-order valence-corrected chi connectivity index (χ1v) is 4.30. The van der Waals surface area contributed by atoms with Gasteiger partial charge in [0.1, 0.15) is 10.2 Å². The number of nitro groups is 1. The van der Waals surface area contributed by atoms with E-state index in [1.54, 1.807) is 0 Å². The Labute approximate surface area is 89.9 Å². The minimum Gasteiger partial charge on any atom is -0.433 e. The minimum atomic E-state index is -3.13. The lowest BCUT2D eigenvalue weighted by molar-refractivity contribution is -0.388. The molecule has 15 heavy (non-hydrogen) atoms. The van der Waals surface area contributed by atoms with E-state index in [0.29, 0.717) is 6.07 Å². The van der Waals surface area contributed by atoms with Crippen molar-refractivity contribution in [3.63, 3.8) is 0 Å². The molecule has 0 unspecified atom stereocenters. The zero-order chi connectivity index (χ0) is 11.6. The maximum Gasteiger partial charge on any atom is 0.387 e. The summed E-state index contributed by atoms with van der Waals surface area (Å²) in [5, 5.41) is 10.4. The van der Waals surface area contributed by atoms with Gasteiger partial charge in [-0.05, 0) is 28.1 Å². The van der Waals surface area contributed by atoms with Crippen LogP contribution in [-0.2, 0) is 0 Å². The topological polar surface area (TPSA) is 52.4 Å². The Balaban J connectivity index is 3.22. The fraction of sp³-hybridized carbons (Fsp3) is 0.143. The second-order valence-corrected chi connectivity index (χ2v) is 3.14. The van der Waals surface area contributed by atoms with Gasteiger partial charge in [0.25, 0.3) is 0 Å². The van der Waals surface area contributed by atoms with E-state index < -0.39 is 33.3 Å². The third-order valence-electron chi connectivity index (χ3n) is 1.43. The van der Waals surface area contributed by atoms with Gasteiger partial charge in [0, 0.05) is 0 Å². The quantitative estimate of drug-likeness (QED) is 0.633. The number of hydrogen-bond donors (Lipinski definition) is 0. The van der Waals surface area contributed by atoms with Crippen molar-refractivity contribution in [1.29, 1.82) is 0 Å². The summed E-state index contributed by atoms with van der Waals surface area (Å²) in [4.78, 5) is 9.34. The van der Waals surface area contributed by atoms with Gasteiger partial charge in [-0.15, -0.1) is 0 Å². The van der Waals surface area contributed by atoms with Gasteiger partial charge in [0.15, 0.2) is 0 Å². The molecule has 1 rings (SSSR count). The van der Waals surface area contributed by atoms with Crippen LogP contribution in [0, 0.1) is 15.9 Å². The molecule has 0 aliphatic carbocycles. The maximum absolute atomic E-state index is 12.9. The van der Waals surface area contributed by atoms with Crippen LogP contribution in [0.5, 0.6) is 5.75 Å². The van der Waals surface area contributed by atoms with Crippen LogP contribution >= 0.6 is 15.9 Å². The Morgan fingerprint density at radius 1 is 1.47 bits per heavy atom. The van der Waals surface area contributed by atoms with E-state index in [-0.39, 0.29) is 0 Å². The summed E-state index contributed by atoms with van der Waals surface area (Å²) in [5.74, 6) is -1.62. The molecule has 0 radical (unpaired) electrons. The van der Waals surface area contributed by atoms with Gasteiger partial charge in [0.2, 0.25) is 5.82 Å². The van der Waals surface area contributed by atoms with Crippen LogP contribution in [0.1, 0.15) is 0 Å². The third-order valence-corrected chi connectivity index (χ3v) is 2.20. The fourth-order valence-electron chi connectivity index (χ4n) is 0.877. The number of ether oxygens (including phenoxy) is 1. The van der Waals surface area contributed by atoms with Crippen LogP contribution in [0.25, 0.3) is 0 Å². The molecule has 8 heteroatoms. The van der Waals surface area contributed by atoms with Crippen LogP contribution in [0.4, 0.5) is 18.9 Å².